The Morgan fingerprint density at radius 3 is 2.58 bits per heavy atom. The van der Waals surface area contributed by atoms with E-state index in [-0.39, 0.29) is 28.7 Å². The third-order valence-electron chi connectivity index (χ3n) is 7.62. The Morgan fingerprint density at radius 1 is 1.09 bits per heavy atom. The first-order valence-corrected chi connectivity index (χ1v) is 15.9. The Kier molecular flexibility index (Phi) is 7.53. The average molecular weight is 603 g/mol. The van der Waals surface area contributed by atoms with Gasteiger partial charge in [-0.25, -0.2) is 17.5 Å². The van der Waals surface area contributed by atoms with Crippen LogP contribution in [0.1, 0.15) is 32.6 Å². The molecule has 11 heteroatoms. The van der Waals surface area contributed by atoms with E-state index in [0.29, 0.717) is 49.7 Å². The van der Waals surface area contributed by atoms with Crippen LogP contribution in [0.5, 0.6) is 11.5 Å². The van der Waals surface area contributed by atoms with Gasteiger partial charge in [0.15, 0.2) is 27.2 Å². The predicted molar refractivity (Wildman–Crippen MR) is 163 cm³/mol. The molecular formula is C32H31FN4O5S. The topological polar surface area (TPSA) is 117 Å². The van der Waals surface area contributed by atoms with Gasteiger partial charge in [0.25, 0.3) is 0 Å². The molecule has 1 fully saturated rings. The number of allylic oxidation sites excluding steroid dienone is 1. The van der Waals surface area contributed by atoms with Gasteiger partial charge in [-0.15, -0.1) is 0 Å². The van der Waals surface area contributed by atoms with Crippen LogP contribution in [-0.4, -0.2) is 56.5 Å². The van der Waals surface area contributed by atoms with Gasteiger partial charge in [0.05, 0.1) is 36.4 Å². The van der Waals surface area contributed by atoms with Crippen molar-refractivity contribution in [2.45, 2.75) is 19.1 Å². The number of benzene rings is 3. The lowest BCUT2D eigenvalue weighted by atomic mass is 10.0. The Hall–Kier alpha value is -4.48. The summed E-state index contributed by atoms with van der Waals surface area (Å²) >= 11 is 0. The second kappa shape index (κ2) is 11.3. The highest BCUT2D eigenvalue weighted by Crippen LogP contribution is 2.36. The Labute approximate surface area is 249 Å². The van der Waals surface area contributed by atoms with Crippen LogP contribution < -0.4 is 15.4 Å². The van der Waals surface area contributed by atoms with E-state index in [1.165, 1.54) is 23.2 Å². The number of anilines is 2. The number of sulfone groups is 1. The van der Waals surface area contributed by atoms with Gasteiger partial charge in [0, 0.05) is 37.0 Å². The number of fused-ring (bicyclic) bond motifs is 1. The molecular weight excluding hydrogens is 571 g/mol. The molecule has 43 heavy (non-hydrogen) atoms. The third-order valence-corrected chi connectivity index (χ3v) is 8.46. The zero-order chi connectivity index (χ0) is 30.3. The maximum Gasteiger partial charge on any atom is 0.194 e. The summed E-state index contributed by atoms with van der Waals surface area (Å²) in [6, 6.07) is 15.3. The van der Waals surface area contributed by atoms with Gasteiger partial charge in [-0.05, 0) is 71.7 Å². The lowest BCUT2D eigenvalue weighted by Crippen LogP contribution is -2.37. The van der Waals surface area contributed by atoms with E-state index in [0.717, 1.165) is 27.9 Å². The van der Waals surface area contributed by atoms with E-state index in [1.54, 1.807) is 36.4 Å². The molecule has 1 saturated heterocycles. The van der Waals surface area contributed by atoms with Crippen molar-refractivity contribution in [1.29, 1.82) is 0 Å². The van der Waals surface area contributed by atoms with Crippen molar-refractivity contribution >= 4 is 33.2 Å². The molecule has 0 radical (unpaired) electrons. The lowest BCUT2D eigenvalue weighted by Gasteiger charge is -2.31. The van der Waals surface area contributed by atoms with Crippen LogP contribution in [0.3, 0.4) is 0 Å². The zero-order valence-electron chi connectivity index (χ0n) is 23.8. The van der Waals surface area contributed by atoms with Gasteiger partial charge in [-0.2, -0.15) is 5.10 Å². The molecule has 9 nitrogen and oxygen atoms in total. The maximum atomic E-state index is 14.1. The summed E-state index contributed by atoms with van der Waals surface area (Å²) < 4.78 is 51.2. The third kappa shape index (κ3) is 5.91. The first kappa shape index (κ1) is 28.6. The molecule has 0 saturated carbocycles. The number of carbonyl (C=O) groups is 1. The van der Waals surface area contributed by atoms with Crippen molar-refractivity contribution in [2.75, 3.05) is 43.2 Å². The summed E-state index contributed by atoms with van der Waals surface area (Å²) in [7, 11) is -3.28. The predicted octanol–water partition coefficient (Wildman–Crippen LogP) is 4.90. The van der Waals surface area contributed by atoms with E-state index in [2.05, 4.69) is 10.00 Å². The van der Waals surface area contributed by atoms with Crippen LogP contribution in [-0.2, 0) is 26.7 Å². The van der Waals surface area contributed by atoms with Gasteiger partial charge in [-0.1, -0.05) is 18.2 Å². The normalized spacial score (nSPS) is 14.9. The van der Waals surface area contributed by atoms with E-state index in [1.807, 2.05) is 25.1 Å². The molecule has 222 valence electrons. The molecule has 1 aliphatic heterocycles. The van der Waals surface area contributed by atoms with Crippen LogP contribution in [0.4, 0.5) is 15.9 Å². The van der Waals surface area contributed by atoms with E-state index in [4.69, 9.17) is 15.2 Å². The van der Waals surface area contributed by atoms with Crippen molar-refractivity contribution in [2.24, 2.45) is 0 Å². The van der Waals surface area contributed by atoms with Crippen molar-refractivity contribution in [3.63, 3.8) is 0 Å². The number of ketones is 1. The maximum absolute atomic E-state index is 14.1. The highest BCUT2D eigenvalue weighted by Gasteiger charge is 2.27. The molecule has 2 N–H and O–H groups in total. The number of nitrogens with zero attached hydrogens (tertiary/aromatic N) is 3. The van der Waals surface area contributed by atoms with Crippen LogP contribution in [0.15, 0.2) is 66.4 Å². The SMILES string of the molecule is Cc1cc(-n2ncc(C(=O)C3=Cc4cc(N5CCOCC5)c(CS(C)(=O)=O)cc4C3)c2N)ccc1Oc1ccccc1F. The number of nitrogen functional groups attached to an aromatic ring is 1. The second-order valence-corrected chi connectivity index (χ2v) is 13.0. The number of halogens is 1. The monoisotopic (exact) mass is 602 g/mol. The molecule has 0 spiro atoms. The number of rotatable bonds is 8. The van der Waals surface area contributed by atoms with Crippen molar-refractivity contribution in [1.82, 2.24) is 9.78 Å². The first-order valence-electron chi connectivity index (χ1n) is 13.9. The summed E-state index contributed by atoms with van der Waals surface area (Å²) in [5.74, 6) is 0.00871. The number of aromatic nitrogens is 2. The number of morpholine rings is 1. The Morgan fingerprint density at radius 2 is 1.86 bits per heavy atom. The number of Topliss-reactive ketones (excluding diaryl/α,β-unsaturated/α-hetero) is 1. The summed E-state index contributed by atoms with van der Waals surface area (Å²) in [5.41, 5.74) is 12.0. The van der Waals surface area contributed by atoms with Crippen molar-refractivity contribution in [3.05, 3.63) is 100 Å². The van der Waals surface area contributed by atoms with Crippen LogP contribution in [0.2, 0.25) is 0 Å². The number of hydrogen-bond donors (Lipinski definition) is 1. The van der Waals surface area contributed by atoms with E-state index in [9.17, 15) is 17.6 Å². The molecule has 6 rings (SSSR count). The quantitative estimate of drug-likeness (QED) is 0.283. The summed E-state index contributed by atoms with van der Waals surface area (Å²) in [6.07, 6.45) is 4.89. The highest BCUT2D eigenvalue weighted by molar-refractivity contribution is 7.89. The van der Waals surface area contributed by atoms with Crippen molar-refractivity contribution < 1.29 is 27.1 Å². The summed E-state index contributed by atoms with van der Waals surface area (Å²) in [5, 5.41) is 4.38. The molecule has 0 unspecified atom stereocenters. The fourth-order valence-corrected chi connectivity index (χ4v) is 6.31. The Balaban J connectivity index is 1.25. The van der Waals surface area contributed by atoms with Crippen molar-refractivity contribution in [3.8, 4) is 17.2 Å². The number of carbonyl (C=O) groups excluding carboxylic acids is 1. The molecule has 2 heterocycles. The van der Waals surface area contributed by atoms with Gasteiger partial charge >= 0.3 is 0 Å². The summed E-state index contributed by atoms with van der Waals surface area (Å²) in [4.78, 5) is 15.8. The standard InChI is InChI=1S/C32H31FN4O5S/c1-20-13-25(7-8-29(20)42-30-6-4-3-5-27(30)33)37-32(34)26(18-35-37)31(38)23-14-21-16-24(19-43(2,39)40)28(17-22(21)15-23)36-9-11-41-12-10-36/h3-8,13,15-18H,9-12,14,19,34H2,1-2H3. The highest BCUT2D eigenvalue weighted by atomic mass is 32.2. The molecule has 4 aromatic rings. The van der Waals surface area contributed by atoms with Crippen LogP contribution in [0, 0.1) is 12.7 Å². The molecule has 1 aromatic heterocycles. The number of aryl methyl sites for hydroxylation is 1. The fourth-order valence-electron chi connectivity index (χ4n) is 5.51. The van der Waals surface area contributed by atoms with E-state index >= 15 is 0 Å². The Bertz CT molecular complexity index is 1880. The molecule has 3 aromatic carbocycles. The second-order valence-electron chi connectivity index (χ2n) is 10.9. The minimum absolute atomic E-state index is 0.0838. The fraction of sp³-hybridized carbons (Fsp3) is 0.250. The first-order chi connectivity index (χ1) is 20.6. The van der Waals surface area contributed by atoms with Crippen LogP contribution >= 0.6 is 0 Å². The zero-order valence-corrected chi connectivity index (χ0v) is 24.7. The van der Waals surface area contributed by atoms with Gasteiger partial charge in [0.2, 0.25) is 0 Å². The number of ether oxygens (including phenoxy) is 2. The van der Waals surface area contributed by atoms with E-state index < -0.39 is 15.7 Å². The smallest absolute Gasteiger partial charge is 0.194 e. The minimum atomic E-state index is -3.28. The largest absolute Gasteiger partial charge is 0.454 e. The van der Waals surface area contributed by atoms with Crippen LogP contribution in [0.25, 0.3) is 11.8 Å². The minimum Gasteiger partial charge on any atom is -0.454 e. The molecule has 1 aliphatic carbocycles. The average Bonchev–Trinajstić information content (AvgIpc) is 3.57. The molecule has 0 bridgehead atoms. The van der Waals surface area contributed by atoms with Gasteiger partial charge in [-0.3, -0.25) is 4.79 Å². The van der Waals surface area contributed by atoms with Gasteiger partial charge < -0.3 is 20.1 Å². The molecule has 0 amide bonds. The molecule has 0 atom stereocenters. The number of para-hydroxylation sites is 1. The lowest BCUT2D eigenvalue weighted by molar-refractivity contribution is 0.103. The van der Waals surface area contributed by atoms with Gasteiger partial charge in [0.1, 0.15) is 11.6 Å². The number of nitrogens with two attached hydrogens (primary N) is 1. The number of hydrogen-bond acceptors (Lipinski definition) is 8. The summed E-state index contributed by atoms with van der Waals surface area (Å²) in [6.45, 7) is 4.29. The molecule has 2 aliphatic rings.